The molecule has 0 amide bonds. The van der Waals surface area contributed by atoms with Crippen molar-refractivity contribution in [1.82, 2.24) is 4.98 Å². The lowest BCUT2D eigenvalue weighted by Gasteiger charge is -1.93. The van der Waals surface area contributed by atoms with Crippen molar-refractivity contribution in [1.29, 1.82) is 0 Å². The van der Waals surface area contributed by atoms with Gasteiger partial charge >= 0.3 is 0 Å². The van der Waals surface area contributed by atoms with Crippen molar-refractivity contribution in [3.05, 3.63) is 28.8 Å². The van der Waals surface area contributed by atoms with Gasteiger partial charge in [-0.25, -0.2) is 0 Å². The zero-order valence-electron chi connectivity index (χ0n) is 8.57. The number of rotatable bonds is 2. The summed E-state index contributed by atoms with van der Waals surface area (Å²) in [7, 11) is 0. The molecule has 16 heavy (non-hydrogen) atoms. The Morgan fingerprint density at radius 1 is 1.44 bits per heavy atom. The van der Waals surface area contributed by atoms with Crippen LogP contribution in [0.15, 0.2) is 23.2 Å². The van der Waals surface area contributed by atoms with Crippen LogP contribution in [0.1, 0.15) is 18.4 Å². The van der Waals surface area contributed by atoms with Gasteiger partial charge in [0.15, 0.2) is 5.88 Å². The quantitative estimate of drug-likeness (QED) is 0.771. The van der Waals surface area contributed by atoms with Gasteiger partial charge in [0.1, 0.15) is 0 Å². The molecule has 3 nitrogen and oxygen atoms in total. The standard InChI is InChI=1S/C12H11ClN2O/c13-7-1-4-11-9(5-7)10(12(16)15-11)6-14-8-2-3-8/h1,4-6,8,15-16H,2-3H2. The van der Waals surface area contributed by atoms with Gasteiger partial charge < -0.3 is 10.1 Å². The molecule has 1 aliphatic carbocycles. The summed E-state index contributed by atoms with van der Waals surface area (Å²) in [4.78, 5) is 7.27. The van der Waals surface area contributed by atoms with E-state index in [1.165, 1.54) is 0 Å². The molecular formula is C12H11ClN2O. The van der Waals surface area contributed by atoms with Crippen LogP contribution in [0.4, 0.5) is 0 Å². The molecule has 0 saturated heterocycles. The second-order valence-electron chi connectivity index (χ2n) is 4.09. The molecule has 1 aliphatic rings. The molecule has 1 heterocycles. The molecule has 0 aliphatic heterocycles. The third kappa shape index (κ3) is 1.67. The number of aromatic amines is 1. The van der Waals surface area contributed by atoms with Crippen molar-refractivity contribution >= 4 is 28.7 Å². The second kappa shape index (κ2) is 3.52. The highest BCUT2D eigenvalue weighted by Gasteiger charge is 2.19. The minimum atomic E-state index is 0.154. The molecule has 0 atom stereocenters. The molecule has 0 bridgehead atoms. The van der Waals surface area contributed by atoms with Crippen molar-refractivity contribution in [2.45, 2.75) is 18.9 Å². The largest absolute Gasteiger partial charge is 0.494 e. The summed E-state index contributed by atoms with van der Waals surface area (Å²) in [6.45, 7) is 0. The summed E-state index contributed by atoms with van der Waals surface area (Å²) in [5.74, 6) is 0.154. The van der Waals surface area contributed by atoms with Crippen molar-refractivity contribution in [2.24, 2.45) is 4.99 Å². The van der Waals surface area contributed by atoms with Crippen LogP contribution in [0.25, 0.3) is 10.9 Å². The van der Waals surface area contributed by atoms with E-state index in [4.69, 9.17) is 11.6 Å². The van der Waals surface area contributed by atoms with Crippen LogP contribution < -0.4 is 0 Å². The van der Waals surface area contributed by atoms with E-state index in [0.717, 1.165) is 29.3 Å². The van der Waals surface area contributed by atoms with Gasteiger partial charge in [-0.15, -0.1) is 0 Å². The molecule has 0 unspecified atom stereocenters. The van der Waals surface area contributed by atoms with E-state index in [-0.39, 0.29) is 5.88 Å². The van der Waals surface area contributed by atoms with Gasteiger partial charge in [0.2, 0.25) is 0 Å². The normalized spacial score (nSPS) is 16.3. The third-order valence-corrected chi connectivity index (χ3v) is 2.98. The maximum absolute atomic E-state index is 9.77. The molecule has 1 fully saturated rings. The van der Waals surface area contributed by atoms with Gasteiger partial charge in [-0.2, -0.15) is 0 Å². The first-order valence-corrected chi connectivity index (χ1v) is 5.65. The first-order chi connectivity index (χ1) is 7.74. The molecule has 0 radical (unpaired) electrons. The second-order valence-corrected chi connectivity index (χ2v) is 4.52. The van der Waals surface area contributed by atoms with Gasteiger partial charge in [-0.3, -0.25) is 4.99 Å². The Balaban J connectivity index is 2.12. The number of aromatic nitrogens is 1. The highest BCUT2D eigenvalue weighted by Crippen LogP contribution is 2.29. The van der Waals surface area contributed by atoms with E-state index in [9.17, 15) is 5.11 Å². The van der Waals surface area contributed by atoms with Crippen LogP contribution in [0.2, 0.25) is 5.02 Å². The Labute approximate surface area is 97.8 Å². The summed E-state index contributed by atoms with van der Waals surface area (Å²) in [5.41, 5.74) is 1.60. The molecule has 2 aromatic rings. The monoisotopic (exact) mass is 234 g/mol. The van der Waals surface area contributed by atoms with E-state index in [1.54, 1.807) is 12.3 Å². The number of fused-ring (bicyclic) bond motifs is 1. The smallest absolute Gasteiger partial charge is 0.198 e. The molecule has 1 aromatic heterocycles. The Kier molecular flexibility index (Phi) is 2.14. The van der Waals surface area contributed by atoms with Gasteiger partial charge in [-0.1, -0.05) is 11.6 Å². The zero-order chi connectivity index (χ0) is 11.1. The number of hydrogen-bond acceptors (Lipinski definition) is 2. The van der Waals surface area contributed by atoms with Crippen molar-refractivity contribution in [3.8, 4) is 5.88 Å². The fourth-order valence-electron chi connectivity index (χ4n) is 1.71. The highest BCUT2D eigenvalue weighted by atomic mass is 35.5. The van der Waals surface area contributed by atoms with Gasteiger partial charge in [0.25, 0.3) is 0 Å². The minimum Gasteiger partial charge on any atom is -0.494 e. The predicted molar refractivity (Wildman–Crippen MR) is 65.6 cm³/mol. The molecule has 1 aromatic carbocycles. The summed E-state index contributed by atoms with van der Waals surface area (Å²) in [5, 5.41) is 11.3. The fraction of sp³-hybridized carbons (Fsp3) is 0.250. The van der Waals surface area contributed by atoms with E-state index in [1.807, 2.05) is 12.1 Å². The lowest BCUT2D eigenvalue weighted by molar-refractivity contribution is 0.457. The first-order valence-electron chi connectivity index (χ1n) is 5.27. The van der Waals surface area contributed by atoms with Crippen molar-refractivity contribution in [2.75, 3.05) is 0 Å². The lowest BCUT2D eigenvalue weighted by atomic mass is 10.2. The van der Waals surface area contributed by atoms with Crippen LogP contribution >= 0.6 is 11.6 Å². The summed E-state index contributed by atoms with van der Waals surface area (Å²) < 4.78 is 0. The van der Waals surface area contributed by atoms with E-state index in [0.29, 0.717) is 11.1 Å². The molecule has 1 saturated carbocycles. The van der Waals surface area contributed by atoms with E-state index < -0.39 is 0 Å². The Hall–Kier alpha value is -1.48. The van der Waals surface area contributed by atoms with E-state index in [2.05, 4.69) is 9.98 Å². The number of nitrogens with zero attached hydrogens (tertiary/aromatic N) is 1. The number of hydrogen-bond donors (Lipinski definition) is 2. The Morgan fingerprint density at radius 3 is 3.00 bits per heavy atom. The number of aromatic hydroxyl groups is 1. The van der Waals surface area contributed by atoms with Crippen LogP contribution in [-0.2, 0) is 0 Å². The summed E-state index contributed by atoms with van der Waals surface area (Å²) in [6, 6.07) is 5.93. The number of halogens is 1. The number of benzene rings is 1. The first kappa shape index (κ1) is 9.73. The number of aliphatic imine (C=N–C) groups is 1. The SMILES string of the molecule is Oc1[nH]c2ccc(Cl)cc2c1C=NC1CC1. The van der Waals surface area contributed by atoms with Gasteiger partial charge in [-0.05, 0) is 31.0 Å². The van der Waals surface area contributed by atoms with E-state index >= 15 is 0 Å². The third-order valence-electron chi connectivity index (χ3n) is 2.74. The van der Waals surface area contributed by atoms with Crippen LogP contribution in [0.3, 0.4) is 0 Å². The average molecular weight is 235 g/mol. The summed E-state index contributed by atoms with van der Waals surface area (Å²) in [6.07, 6.45) is 4.04. The molecule has 0 spiro atoms. The molecular weight excluding hydrogens is 224 g/mol. The van der Waals surface area contributed by atoms with Crippen LogP contribution in [-0.4, -0.2) is 22.3 Å². The summed E-state index contributed by atoms with van der Waals surface area (Å²) >= 11 is 5.93. The Bertz CT molecular complexity index is 570. The Morgan fingerprint density at radius 2 is 2.25 bits per heavy atom. The van der Waals surface area contributed by atoms with Crippen LogP contribution in [0.5, 0.6) is 5.88 Å². The number of nitrogens with one attached hydrogen (secondary N) is 1. The maximum Gasteiger partial charge on any atom is 0.198 e. The lowest BCUT2D eigenvalue weighted by Crippen LogP contribution is -1.82. The predicted octanol–water partition coefficient (Wildman–Crippen LogP) is 3.11. The highest BCUT2D eigenvalue weighted by molar-refractivity contribution is 6.31. The molecule has 82 valence electrons. The van der Waals surface area contributed by atoms with Crippen LogP contribution in [0, 0.1) is 0 Å². The number of H-pyrrole nitrogens is 1. The zero-order valence-corrected chi connectivity index (χ0v) is 9.33. The average Bonchev–Trinajstić information content (AvgIpc) is 3.01. The maximum atomic E-state index is 9.77. The molecule has 2 N–H and O–H groups in total. The molecule has 4 heteroatoms. The topological polar surface area (TPSA) is 48.4 Å². The minimum absolute atomic E-state index is 0.154. The van der Waals surface area contributed by atoms with Crippen molar-refractivity contribution in [3.63, 3.8) is 0 Å². The van der Waals surface area contributed by atoms with Gasteiger partial charge in [0.05, 0.1) is 11.6 Å². The fourth-order valence-corrected chi connectivity index (χ4v) is 1.88. The van der Waals surface area contributed by atoms with Crippen molar-refractivity contribution < 1.29 is 5.11 Å². The van der Waals surface area contributed by atoms with Gasteiger partial charge in [0, 0.05) is 22.1 Å². The molecule has 3 rings (SSSR count).